The van der Waals surface area contributed by atoms with Gasteiger partial charge in [-0.1, -0.05) is 20.4 Å². The normalized spacial score (nSPS) is 12.8. The Labute approximate surface area is 115 Å². The molecule has 0 saturated heterocycles. The fourth-order valence-corrected chi connectivity index (χ4v) is 1.48. The van der Waals surface area contributed by atoms with Gasteiger partial charge in [-0.25, -0.2) is 9.59 Å². The van der Waals surface area contributed by atoms with Crippen molar-refractivity contribution < 1.29 is 19.1 Å². The van der Waals surface area contributed by atoms with Crippen molar-refractivity contribution in [3.8, 4) is 0 Å². The maximum absolute atomic E-state index is 11.7. The van der Waals surface area contributed by atoms with Crippen LogP contribution in [0.4, 0.5) is 4.79 Å². The van der Waals surface area contributed by atoms with E-state index in [2.05, 4.69) is 16.6 Å². The third-order valence-corrected chi connectivity index (χ3v) is 2.27. The average Bonchev–Trinajstić information content (AvgIpc) is 2.22. The molecule has 5 nitrogen and oxygen atoms in total. The number of nitrogens with one attached hydrogen (secondary N) is 1. The van der Waals surface area contributed by atoms with Crippen LogP contribution >= 0.6 is 0 Å². The summed E-state index contributed by atoms with van der Waals surface area (Å²) in [6.07, 6.45) is 0.0240. The Kier molecular flexibility index (Phi) is 6.59. The number of rotatable bonds is 5. The van der Waals surface area contributed by atoms with Crippen molar-refractivity contribution >= 4 is 12.1 Å². The zero-order valence-electron chi connectivity index (χ0n) is 12.7. The Morgan fingerprint density at radius 1 is 1.26 bits per heavy atom. The molecule has 0 bridgehead atoms. The fourth-order valence-electron chi connectivity index (χ4n) is 1.48. The summed E-state index contributed by atoms with van der Waals surface area (Å²) in [4.78, 5) is 23.2. The maximum Gasteiger partial charge on any atom is 0.408 e. The minimum absolute atomic E-state index is 0.224. The predicted octanol–water partition coefficient (Wildman–Crippen LogP) is 2.66. The molecule has 1 N–H and O–H groups in total. The third-order valence-electron chi connectivity index (χ3n) is 2.27. The zero-order valence-corrected chi connectivity index (χ0v) is 12.7. The van der Waals surface area contributed by atoms with Crippen LogP contribution in [0.1, 0.15) is 41.0 Å². The van der Waals surface area contributed by atoms with Gasteiger partial charge in [0.25, 0.3) is 0 Å². The Morgan fingerprint density at radius 2 is 1.79 bits per heavy atom. The van der Waals surface area contributed by atoms with Gasteiger partial charge in [0.1, 0.15) is 5.60 Å². The number of amides is 1. The lowest BCUT2D eigenvalue weighted by atomic mass is 9.98. The number of hydrogen-bond donors (Lipinski definition) is 1. The van der Waals surface area contributed by atoms with E-state index in [0.717, 1.165) is 0 Å². The molecular weight excluding hydrogens is 246 g/mol. The molecule has 0 aromatic carbocycles. The molecule has 5 heteroatoms. The van der Waals surface area contributed by atoms with Crippen LogP contribution in [0.2, 0.25) is 0 Å². The molecule has 0 radical (unpaired) electrons. The monoisotopic (exact) mass is 271 g/mol. The van der Waals surface area contributed by atoms with Crippen molar-refractivity contribution in [1.82, 2.24) is 5.32 Å². The lowest BCUT2D eigenvalue weighted by Crippen LogP contribution is -2.42. The van der Waals surface area contributed by atoms with Gasteiger partial charge in [-0.05, 0) is 33.1 Å². The van der Waals surface area contributed by atoms with Crippen molar-refractivity contribution in [3.05, 3.63) is 12.2 Å². The van der Waals surface area contributed by atoms with Gasteiger partial charge in [0.2, 0.25) is 0 Å². The third kappa shape index (κ3) is 7.49. The number of carbonyl (C=O) groups excluding carboxylic acids is 2. The highest BCUT2D eigenvalue weighted by Gasteiger charge is 2.25. The second-order valence-corrected chi connectivity index (χ2v) is 5.85. The average molecular weight is 271 g/mol. The van der Waals surface area contributed by atoms with Crippen LogP contribution in [0.15, 0.2) is 12.2 Å². The van der Waals surface area contributed by atoms with Crippen LogP contribution < -0.4 is 5.32 Å². The van der Waals surface area contributed by atoms with Crippen molar-refractivity contribution in [2.75, 3.05) is 7.11 Å². The number of alkyl carbamates (subject to hydrolysis) is 1. The molecule has 0 spiro atoms. The molecule has 1 amide bonds. The molecule has 0 heterocycles. The van der Waals surface area contributed by atoms with Gasteiger partial charge in [0.15, 0.2) is 0 Å². The largest absolute Gasteiger partial charge is 0.466 e. The Balaban J connectivity index is 4.73. The van der Waals surface area contributed by atoms with E-state index in [9.17, 15) is 9.59 Å². The van der Waals surface area contributed by atoms with Crippen molar-refractivity contribution in [2.24, 2.45) is 5.92 Å². The van der Waals surface area contributed by atoms with E-state index in [0.29, 0.717) is 12.3 Å². The lowest BCUT2D eigenvalue weighted by molar-refractivity contribution is -0.136. The van der Waals surface area contributed by atoms with Crippen LogP contribution in [0.3, 0.4) is 0 Å². The highest BCUT2D eigenvalue weighted by Crippen LogP contribution is 2.14. The van der Waals surface area contributed by atoms with Gasteiger partial charge in [-0.3, -0.25) is 0 Å². The quantitative estimate of drug-likeness (QED) is 0.616. The van der Waals surface area contributed by atoms with E-state index in [4.69, 9.17) is 4.74 Å². The minimum Gasteiger partial charge on any atom is -0.466 e. The second kappa shape index (κ2) is 7.16. The molecule has 0 unspecified atom stereocenters. The van der Waals surface area contributed by atoms with Gasteiger partial charge in [-0.2, -0.15) is 0 Å². The van der Waals surface area contributed by atoms with E-state index in [1.54, 1.807) is 20.8 Å². The van der Waals surface area contributed by atoms with Crippen LogP contribution in [0, 0.1) is 5.92 Å². The summed E-state index contributed by atoms with van der Waals surface area (Å²) >= 11 is 0. The Bertz CT molecular complexity index is 342. The van der Waals surface area contributed by atoms with Gasteiger partial charge < -0.3 is 14.8 Å². The highest BCUT2D eigenvalue weighted by atomic mass is 16.6. The summed E-state index contributed by atoms with van der Waals surface area (Å²) in [5.41, 5.74) is -0.360. The van der Waals surface area contributed by atoms with Crippen LogP contribution in [0.5, 0.6) is 0 Å². The molecule has 0 saturated carbocycles. The molecule has 0 aliphatic carbocycles. The molecular formula is C14H25NO4. The van der Waals surface area contributed by atoms with E-state index in [1.807, 2.05) is 13.8 Å². The summed E-state index contributed by atoms with van der Waals surface area (Å²) in [7, 11) is 1.29. The predicted molar refractivity (Wildman–Crippen MR) is 73.8 cm³/mol. The molecule has 110 valence electrons. The van der Waals surface area contributed by atoms with Gasteiger partial charge in [-0.15, -0.1) is 0 Å². The van der Waals surface area contributed by atoms with Gasteiger partial charge in [0, 0.05) is 0 Å². The highest BCUT2D eigenvalue weighted by molar-refractivity contribution is 5.89. The Morgan fingerprint density at radius 3 is 2.16 bits per heavy atom. The second-order valence-electron chi connectivity index (χ2n) is 5.85. The molecule has 0 aliphatic heterocycles. The molecule has 0 fully saturated rings. The lowest BCUT2D eigenvalue weighted by Gasteiger charge is -2.25. The van der Waals surface area contributed by atoms with Gasteiger partial charge >= 0.3 is 12.1 Å². The first-order valence-electron chi connectivity index (χ1n) is 6.33. The Hall–Kier alpha value is -1.52. The summed E-state index contributed by atoms with van der Waals surface area (Å²) in [5.74, 6) is -0.233. The number of methoxy groups -OCH3 is 1. The van der Waals surface area contributed by atoms with Gasteiger partial charge in [0.05, 0.1) is 18.7 Å². The summed E-state index contributed by atoms with van der Waals surface area (Å²) in [5, 5.41) is 2.66. The van der Waals surface area contributed by atoms with Crippen LogP contribution in [-0.4, -0.2) is 30.8 Å². The molecule has 1 atom stereocenters. The summed E-state index contributed by atoms with van der Waals surface area (Å²) in [6, 6.07) is -0.484. The topological polar surface area (TPSA) is 64.6 Å². The summed E-state index contributed by atoms with van der Waals surface area (Å²) in [6.45, 7) is 13.0. The van der Waals surface area contributed by atoms with Crippen LogP contribution in [0.25, 0.3) is 0 Å². The maximum atomic E-state index is 11.7. The number of ether oxygens (including phenoxy) is 2. The smallest absolute Gasteiger partial charge is 0.408 e. The van der Waals surface area contributed by atoms with E-state index < -0.39 is 23.7 Å². The fraction of sp³-hybridized carbons (Fsp3) is 0.714. The first-order chi connectivity index (χ1) is 8.56. The van der Waals surface area contributed by atoms with Crippen molar-refractivity contribution in [1.29, 1.82) is 0 Å². The first-order valence-corrected chi connectivity index (χ1v) is 6.33. The number of esters is 1. The minimum atomic E-state index is -0.584. The molecule has 0 rings (SSSR count). The van der Waals surface area contributed by atoms with E-state index in [-0.39, 0.29) is 5.57 Å². The van der Waals surface area contributed by atoms with E-state index in [1.165, 1.54) is 7.11 Å². The standard InChI is InChI=1S/C14H25NO4/c1-9(2)8-11(10(3)12(16)18-7)15-13(17)19-14(4,5)6/h9,11H,3,8H2,1-2,4-7H3,(H,15,17)/t11-/m0/s1. The van der Waals surface area contributed by atoms with E-state index >= 15 is 0 Å². The number of hydrogen-bond acceptors (Lipinski definition) is 4. The van der Waals surface area contributed by atoms with Crippen LogP contribution in [-0.2, 0) is 14.3 Å². The zero-order chi connectivity index (χ0) is 15.2. The summed E-state index contributed by atoms with van der Waals surface area (Å²) < 4.78 is 9.80. The van der Waals surface area contributed by atoms with Crippen molar-refractivity contribution in [2.45, 2.75) is 52.7 Å². The SMILES string of the molecule is C=C(C(=O)OC)[C@H](CC(C)C)NC(=O)OC(C)(C)C. The van der Waals surface area contributed by atoms with Crippen molar-refractivity contribution in [3.63, 3.8) is 0 Å². The first kappa shape index (κ1) is 17.5. The molecule has 0 aliphatic rings. The molecule has 0 aromatic rings. The number of carbonyl (C=O) groups is 2. The molecule has 19 heavy (non-hydrogen) atoms. The molecule has 0 aromatic heterocycles.